The van der Waals surface area contributed by atoms with Crippen LogP contribution in [0.1, 0.15) is 16.7 Å². The van der Waals surface area contributed by atoms with E-state index < -0.39 is 15.9 Å². The molecule has 1 aromatic heterocycles. The molecule has 180 valence electrons. The molecular weight excluding hydrogens is 484 g/mol. The van der Waals surface area contributed by atoms with E-state index in [4.69, 9.17) is 11.6 Å². The molecule has 0 spiro atoms. The quantitative estimate of drug-likeness (QED) is 0.375. The number of carbonyl (C=O) groups is 1. The van der Waals surface area contributed by atoms with Crippen LogP contribution in [0.5, 0.6) is 0 Å². The molecule has 0 aliphatic carbocycles. The Morgan fingerprint density at radius 3 is 2.40 bits per heavy atom. The third-order valence-corrected chi connectivity index (χ3v) is 7.57. The zero-order valence-electron chi connectivity index (χ0n) is 19.3. The smallest absolute Gasteiger partial charge is 0.264 e. The Kier molecular flexibility index (Phi) is 7.23. The SMILES string of the molecule is Cc1ccc(S(=O)(=O)N(CC(=O)NCc2ccc(-n3ccnc3)cc2)c2cc(Cl)ccc2C)cc1. The maximum Gasteiger partial charge on any atom is 0.264 e. The van der Waals surface area contributed by atoms with Gasteiger partial charge in [0.1, 0.15) is 6.54 Å². The molecule has 3 aromatic carbocycles. The van der Waals surface area contributed by atoms with Gasteiger partial charge in [0.05, 0.1) is 16.9 Å². The van der Waals surface area contributed by atoms with Crippen LogP contribution in [0, 0.1) is 13.8 Å². The van der Waals surface area contributed by atoms with Crippen LogP contribution in [0.4, 0.5) is 5.69 Å². The van der Waals surface area contributed by atoms with Gasteiger partial charge in [0.25, 0.3) is 10.0 Å². The number of hydrogen-bond acceptors (Lipinski definition) is 4. The average Bonchev–Trinajstić information content (AvgIpc) is 3.38. The van der Waals surface area contributed by atoms with Crippen LogP contribution in [0.2, 0.25) is 5.02 Å². The van der Waals surface area contributed by atoms with Gasteiger partial charge in [-0.05, 0) is 61.4 Å². The van der Waals surface area contributed by atoms with Crippen molar-refractivity contribution >= 4 is 33.2 Å². The second kappa shape index (κ2) is 10.3. The fraction of sp³-hybridized carbons (Fsp3) is 0.154. The van der Waals surface area contributed by atoms with E-state index in [9.17, 15) is 13.2 Å². The first-order chi connectivity index (χ1) is 16.7. The predicted octanol–water partition coefficient (Wildman–Crippen LogP) is 4.65. The summed E-state index contributed by atoms with van der Waals surface area (Å²) in [4.78, 5) is 17.1. The lowest BCUT2D eigenvalue weighted by atomic mass is 10.2. The molecule has 0 fully saturated rings. The number of nitrogens with one attached hydrogen (secondary N) is 1. The highest BCUT2D eigenvalue weighted by Crippen LogP contribution is 2.29. The minimum Gasteiger partial charge on any atom is -0.350 e. The summed E-state index contributed by atoms with van der Waals surface area (Å²) in [5.74, 6) is -0.432. The Balaban J connectivity index is 1.54. The topological polar surface area (TPSA) is 84.3 Å². The van der Waals surface area contributed by atoms with Crippen molar-refractivity contribution in [1.29, 1.82) is 0 Å². The standard InChI is InChI=1S/C26H25ClN4O3S/c1-19-3-11-24(12-4-19)35(33,34)31(25-15-22(27)8-5-20(25)2)17-26(32)29-16-21-6-9-23(10-7-21)30-14-13-28-18-30/h3-15,18H,16-17H2,1-2H3,(H,29,32). The molecule has 0 aliphatic rings. The molecule has 0 saturated carbocycles. The van der Waals surface area contributed by atoms with Crippen LogP contribution in [-0.2, 0) is 21.4 Å². The number of hydrogen-bond donors (Lipinski definition) is 1. The largest absolute Gasteiger partial charge is 0.350 e. The Labute approximate surface area is 210 Å². The maximum atomic E-state index is 13.6. The van der Waals surface area contributed by atoms with E-state index >= 15 is 0 Å². The first-order valence-electron chi connectivity index (χ1n) is 10.9. The number of aryl methyl sites for hydroxylation is 2. The molecule has 4 rings (SSSR count). The van der Waals surface area contributed by atoms with E-state index in [0.29, 0.717) is 16.3 Å². The predicted molar refractivity (Wildman–Crippen MR) is 137 cm³/mol. The highest BCUT2D eigenvalue weighted by molar-refractivity contribution is 7.92. The summed E-state index contributed by atoms with van der Waals surface area (Å²) < 4.78 is 30.1. The van der Waals surface area contributed by atoms with Crippen LogP contribution in [0.3, 0.4) is 0 Å². The van der Waals surface area contributed by atoms with Gasteiger partial charge in [-0.25, -0.2) is 13.4 Å². The average molecular weight is 509 g/mol. The summed E-state index contributed by atoms with van der Waals surface area (Å²) >= 11 is 6.18. The van der Waals surface area contributed by atoms with E-state index in [-0.39, 0.29) is 18.0 Å². The summed E-state index contributed by atoms with van der Waals surface area (Å²) in [6.07, 6.45) is 5.25. The zero-order chi connectivity index (χ0) is 25.0. The fourth-order valence-electron chi connectivity index (χ4n) is 3.57. The summed E-state index contributed by atoms with van der Waals surface area (Å²) in [7, 11) is -4.01. The van der Waals surface area contributed by atoms with Crippen LogP contribution in [0.15, 0.2) is 90.3 Å². The number of rotatable bonds is 8. The normalized spacial score (nSPS) is 11.3. The Morgan fingerprint density at radius 2 is 1.74 bits per heavy atom. The molecule has 0 unspecified atom stereocenters. The second-order valence-electron chi connectivity index (χ2n) is 8.17. The second-order valence-corrected chi connectivity index (χ2v) is 10.5. The number of aromatic nitrogens is 2. The highest BCUT2D eigenvalue weighted by Gasteiger charge is 2.28. The number of nitrogens with zero attached hydrogens (tertiary/aromatic N) is 3. The minimum atomic E-state index is -4.01. The van der Waals surface area contributed by atoms with Gasteiger partial charge in [0, 0.05) is 29.6 Å². The summed E-state index contributed by atoms with van der Waals surface area (Å²) in [6, 6.07) is 19.2. The van der Waals surface area contributed by atoms with Crippen molar-refractivity contribution < 1.29 is 13.2 Å². The molecular formula is C26H25ClN4O3S. The lowest BCUT2D eigenvalue weighted by molar-refractivity contribution is -0.119. The van der Waals surface area contributed by atoms with Crippen LogP contribution in [0.25, 0.3) is 5.69 Å². The van der Waals surface area contributed by atoms with Gasteiger partial charge in [-0.3, -0.25) is 9.10 Å². The van der Waals surface area contributed by atoms with Gasteiger partial charge in [-0.15, -0.1) is 0 Å². The van der Waals surface area contributed by atoms with Crippen molar-refractivity contribution in [3.8, 4) is 5.69 Å². The van der Waals surface area contributed by atoms with Gasteiger partial charge in [0.15, 0.2) is 0 Å². The lowest BCUT2D eigenvalue weighted by Crippen LogP contribution is -2.41. The molecule has 0 bridgehead atoms. The van der Waals surface area contributed by atoms with Crippen molar-refractivity contribution in [3.05, 3.63) is 107 Å². The Morgan fingerprint density at radius 1 is 1.03 bits per heavy atom. The number of carbonyl (C=O) groups excluding carboxylic acids is 1. The number of anilines is 1. The van der Waals surface area contributed by atoms with Gasteiger partial charge in [-0.1, -0.05) is 47.5 Å². The monoisotopic (exact) mass is 508 g/mol. The van der Waals surface area contributed by atoms with Crippen LogP contribution < -0.4 is 9.62 Å². The summed E-state index contributed by atoms with van der Waals surface area (Å²) in [5.41, 5.74) is 3.82. The number of imidazole rings is 1. The number of sulfonamides is 1. The summed E-state index contributed by atoms with van der Waals surface area (Å²) in [6.45, 7) is 3.54. The van der Waals surface area contributed by atoms with Crippen molar-refractivity contribution in [1.82, 2.24) is 14.9 Å². The van der Waals surface area contributed by atoms with Crippen molar-refractivity contribution in [2.75, 3.05) is 10.8 Å². The Bertz CT molecular complexity index is 1420. The molecule has 0 atom stereocenters. The molecule has 1 heterocycles. The molecule has 7 nitrogen and oxygen atoms in total. The number of amides is 1. The van der Waals surface area contributed by atoms with Crippen molar-refractivity contribution in [2.45, 2.75) is 25.3 Å². The van der Waals surface area contributed by atoms with E-state index in [1.54, 1.807) is 49.8 Å². The van der Waals surface area contributed by atoms with Crippen molar-refractivity contribution in [3.63, 3.8) is 0 Å². The minimum absolute atomic E-state index is 0.102. The molecule has 35 heavy (non-hydrogen) atoms. The van der Waals surface area contributed by atoms with Gasteiger partial charge >= 0.3 is 0 Å². The van der Waals surface area contributed by atoms with Crippen LogP contribution >= 0.6 is 11.6 Å². The molecule has 4 aromatic rings. The number of halogens is 1. The first-order valence-corrected chi connectivity index (χ1v) is 12.8. The van der Waals surface area contributed by atoms with Gasteiger partial charge < -0.3 is 9.88 Å². The Hall–Kier alpha value is -3.62. The maximum absolute atomic E-state index is 13.6. The highest BCUT2D eigenvalue weighted by atomic mass is 35.5. The van der Waals surface area contributed by atoms with Crippen molar-refractivity contribution in [2.24, 2.45) is 0 Å². The molecule has 9 heteroatoms. The third kappa shape index (κ3) is 5.72. The van der Waals surface area contributed by atoms with E-state index in [2.05, 4.69) is 10.3 Å². The van der Waals surface area contributed by atoms with E-state index in [1.807, 2.05) is 42.0 Å². The molecule has 0 saturated heterocycles. The molecule has 1 N–H and O–H groups in total. The van der Waals surface area contributed by atoms with E-state index in [0.717, 1.165) is 21.1 Å². The molecule has 0 aliphatic heterocycles. The van der Waals surface area contributed by atoms with Gasteiger partial charge in [-0.2, -0.15) is 0 Å². The number of benzene rings is 3. The fourth-order valence-corrected chi connectivity index (χ4v) is 5.22. The molecule has 1 amide bonds. The molecule has 0 radical (unpaired) electrons. The van der Waals surface area contributed by atoms with Gasteiger partial charge in [0.2, 0.25) is 5.91 Å². The third-order valence-electron chi connectivity index (χ3n) is 5.56. The first kappa shape index (κ1) is 24.5. The zero-order valence-corrected chi connectivity index (χ0v) is 20.9. The van der Waals surface area contributed by atoms with E-state index in [1.165, 1.54) is 12.1 Å². The summed E-state index contributed by atoms with van der Waals surface area (Å²) in [5, 5.41) is 3.21. The lowest BCUT2D eigenvalue weighted by Gasteiger charge is -2.26. The van der Waals surface area contributed by atoms with Crippen LogP contribution in [-0.4, -0.2) is 30.4 Å².